The molecule has 0 saturated carbocycles. The average Bonchev–Trinajstić information content (AvgIpc) is 3.07. The molecule has 8 heteroatoms. The number of hydrogen-bond acceptors (Lipinski definition) is 5. The van der Waals surface area contributed by atoms with Crippen LogP contribution in [-0.2, 0) is 0 Å². The molecule has 3 heterocycles. The highest BCUT2D eigenvalue weighted by Gasteiger charge is 2.40. The zero-order chi connectivity index (χ0) is 17.0. The maximum atomic E-state index is 14.8. The van der Waals surface area contributed by atoms with Crippen LogP contribution < -0.4 is 4.90 Å². The SMILES string of the molecule is C=C1N(c2c(F)cc(C#N)c3nc(C)oc23)C(=S)N2CCCCN12. The molecule has 0 aliphatic carbocycles. The minimum Gasteiger partial charge on any atom is -0.439 e. The van der Waals surface area contributed by atoms with Gasteiger partial charge in [0.25, 0.3) is 0 Å². The monoisotopic (exact) mass is 343 g/mol. The third kappa shape index (κ3) is 1.91. The van der Waals surface area contributed by atoms with E-state index in [0.29, 0.717) is 22.3 Å². The Balaban J connectivity index is 1.94. The van der Waals surface area contributed by atoms with Crippen LogP contribution in [0.15, 0.2) is 22.9 Å². The lowest BCUT2D eigenvalue weighted by atomic mass is 10.1. The first-order valence-electron chi connectivity index (χ1n) is 7.60. The molecule has 0 amide bonds. The molecule has 2 saturated heterocycles. The van der Waals surface area contributed by atoms with Gasteiger partial charge in [-0.15, -0.1) is 0 Å². The van der Waals surface area contributed by atoms with Crippen LogP contribution in [0, 0.1) is 24.1 Å². The van der Waals surface area contributed by atoms with Crippen molar-refractivity contribution in [1.29, 1.82) is 5.26 Å². The molecule has 2 fully saturated rings. The van der Waals surface area contributed by atoms with Crippen LogP contribution in [0.5, 0.6) is 0 Å². The Morgan fingerprint density at radius 3 is 2.75 bits per heavy atom. The molecule has 0 spiro atoms. The quantitative estimate of drug-likeness (QED) is 0.738. The standard InChI is InChI=1S/C16H14FN5OS/c1-9-19-13-11(8-18)7-12(17)14(15(13)23-9)22-10(2)20-5-3-4-6-21(20)16(22)24/h7H,2-6H2,1H3. The number of hydrogen-bond donors (Lipinski definition) is 0. The van der Waals surface area contributed by atoms with E-state index in [0.717, 1.165) is 25.9 Å². The van der Waals surface area contributed by atoms with E-state index in [-0.39, 0.29) is 16.8 Å². The van der Waals surface area contributed by atoms with Gasteiger partial charge in [-0.3, -0.25) is 14.9 Å². The number of nitrogens with zero attached hydrogens (tertiary/aromatic N) is 5. The number of fused-ring (bicyclic) bond motifs is 2. The molecule has 0 unspecified atom stereocenters. The maximum absolute atomic E-state index is 14.8. The van der Waals surface area contributed by atoms with Gasteiger partial charge in [-0.25, -0.2) is 9.37 Å². The van der Waals surface area contributed by atoms with Gasteiger partial charge >= 0.3 is 0 Å². The zero-order valence-corrected chi connectivity index (χ0v) is 13.9. The van der Waals surface area contributed by atoms with Crippen LogP contribution in [0.3, 0.4) is 0 Å². The minimum atomic E-state index is -0.584. The highest BCUT2D eigenvalue weighted by molar-refractivity contribution is 7.80. The number of thiocarbonyl (C=S) groups is 1. The van der Waals surface area contributed by atoms with E-state index in [1.807, 2.05) is 16.1 Å². The molecule has 2 aromatic rings. The van der Waals surface area contributed by atoms with E-state index in [1.165, 1.54) is 6.07 Å². The van der Waals surface area contributed by atoms with Crippen LogP contribution in [0.25, 0.3) is 11.1 Å². The van der Waals surface area contributed by atoms with Gasteiger partial charge in [0.1, 0.15) is 23.1 Å². The molecule has 1 aromatic carbocycles. The smallest absolute Gasteiger partial charge is 0.201 e. The first-order chi connectivity index (χ1) is 11.5. The molecule has 122 valence electrons. The van der Waals surface area contributed by atoms with Crippen molar-refractivity contribution in [2.75, 3.05) is 18.0 Å². The van der Waals surface area contributed by atoms with Crippen molar-refractivity contribution in [3.8, 4) is 6.07 Å². The fourth-order valence-electron chi connectivity index (χ4n) is 3.23. The van der Waals surface area contributed by atoms with Crippen LogP contribution in [0.2, 0.25) is 0 Å². The fraction of sp³-hybridized carbons (Fsp3) is 0.312. The summed E-state index contributed by atoms with van der Waals surface area (Å²) in [7, 11) is 0. The van der Waals surface area contributed by atoms with Crippen molar-refractivity contribution < 1.29 is 8.81 Å². The topological polar surface area (TPSA) is 59.5 Å². The lowest BCUT2D eigenvalue weighted by Crippen LogP contribution is -2.42. The fourth-order valence-corrected chi connectivity index (χ4v) is 3.62. The molecule has 24 heavy (non-hydrogen) atoms. The third-order valence-corrected chi connectivity index (χ3v) is 4.69. The summed E-state index contributed by atoms with van der Waals surface area (Å²) in [6.07, 6.45) is 2.04. The summed E-state index contributed by atoms with van der Waals surface area (Å²) in [5.74, 6) is 0.362. The highest BCUT2D eigenvalue weighted by Crippen LogP contribution is 2.39. The Morgan fingerprint density at radius 2 is 2.08 bits per heavy atom. The molecule has 0 N–H and O–H groups in total. The van der Waals surface area contributed by atoms with Crippen LogP contribution in [-0.4, -0.2) is 33.2 Å². The number of rotatable bonds is 1. The van der Waals surface area contributed by atoms with Crippen molar-refractivity contribution >= 4 is 34.1 Å². The molecule has 6 nitrogen and oxygen atoms in total. The van der Waals surface area contributed by atoms with E-state index in [4.69, 9.17) is 16.6 Å². The second-order valence-electron chi connectivity index (χ2n) is 5.76. The number of hydrazine groups is 1. The molecular weight excluding hydrogens is 329 g/mol. The number of aromatic nitrogens is 1. The second kappa shape index (κ2) is 5.18. The highest BCUT2D eigenvalue weighted by atomic mass is 32.1. The van der Waals surface area contributed by atoms with Gasteiger partial charge in [-0.1, -0.05) is 6.58 Å². The summed E-state index contributed by atoms with van der Waals surface area (Å²) >= 11 is 5.54. The summed E-state index contributed by atoms with van der Waals surface area (Å²) in [5, 5.41) is 13.6. The van der Waals surface area contributed by atoms with Gasteiger partial charge < -0.3 is 4.42 Å². The second-order valence-corrected chi connectivity index (χ2v) is 6.13. The van der Waals surface area contributed by atoms with Crippen molar-refractivity contribution in [3.05, 3.63) is 35.7 Å². The van der Waals surface area contributed by atoms with Crippen molar-refractivity contribution in [1.82, 2.24) is 15.0 Å². The maximum Gasteiger partial charge on any atom is 0.201 e. The van der Waals surface area contributed by atoms with E-state index in [2.05, 4.69) is 11.6 Å². The Kier molecular flexibility index (Phi) is 3.21. The zero-order valence-electron chi connectivity index (χ0n) is 13.0. The average molecular weight is 343 g/mol. The van der Waals surface area contributed by atoms with E-state index in [1.54, 1.807) is 11.8 Å². The van der Waals surface area contributed by atoms with E-state index in [9.17, 15) is 9.65 Å². The van der Waals surface area contributed by atoms with Crippen molar-refractivity contribution in [2.45, 2.75) is 19.8 Å². The van der Waals surface area contributed by atoms with Gasteiger partial charge in [0.15, 0.2) is 17.3 Å². The Hall–Kier alpha value is -2.66. The molecule has 0 radical (unpaired) electrons. The van der Waals surface area contributed by atoms with Gasteiger partial charge in [0, 0.05) is 20.0 Å². The molecule has 4 rings (SSSR count). The molecule has 2 aliphatic rings. The molecule has 0 atom stereocenters. The Morgan fingerprint density at radius 1 is 1.38 bits per heavy atom. The molecule has 1 aromatic heterocycles. The normalized spacial score (nSPS) is 17.6. The predicted molar refractivity (Wildman–Crippen MR) is 90.3 cm³/mol. The van der Waals surface area contributed by atoms with E-state index >= 15 is 0 Å². The van der Waals surface area contributed by atoms with E-state index < -0.39 is 5.82 Å². The molecule has 2 aliphatic heterocycles. The van der Waals surface area contributed by atoms with Crippen LogP contribution in [0.4, 0.5) is 10.1 Å². The van der Waals surface area contributed by atoms with Gasteiger partial charge in [-0.2, -0.15) is 5.26 Å². The molecular formula is C16H14FN5OS. The first-order valence-corrected chi connectivity index (χ1v) is 8.01. The van der Waals surface area contributed by atoms with Crippen LogP contribution in [0.1, 0.15) is 24.3 Å². The third-order valence-electron chi connectivity index (χ3n) is 4.30. The Bertz CT molecular complexity index is 907. The first kappa shape index (κ1) is 14.9. The summed E-state index contributed by atoms with van der Waals surface area (Å²) in [6, 6.07) is 3.13. The minimum absolute atomic E-state index is 0.136. The number of halogens is 1. The van der Waals surface area contributed by atoms with Gasteiger partial charge in [-0.05, 0) is 31.1 Å². The van der Waals surface area contributed by atoms with Crippen molar-refractivity contribution in [3.63, 3.8) is 0 Å². The number of benzene rings is 1. The molecule has 0 bridgehead atoms. The largest absolute Gasteiger partial charge is 0.439 e. The van der Waals surface area contributed by atoms with Crippen LogP contribution >= 0.6 is 12.2 Å². The number of anilines is 1. The lowest BCUT2D eigenvalue weighted by molar-refractivity contribution is 0.0757. The predicted octanol–water partition coefficient (Wildman–Crippen LogP) is 3.04. The summed E-state index contributed by atoms with van der Waals surface area (Å²) in [4.78, 5) is 5.79. The Labute approximate surface area is 143 Å². The number of nitriles is 1. The van der Waals surface area contributed by atoms with Gasteiger partial charge in [0.2, 0.25) is 5.11 Å². The number of oxazole rings is 1. The summed E-state index contributed by atoms with van der Waals surface area (Å²) in [5.41, 5.74) is 0.848. The van der Waals surface area contributed by atoms with Crippen molar-refractivity contribution in [2.24, 2.45) is 0 Å². The number of aryl methyl sites for hydroxylation is 1. The summed E-state index contributed by atoms with van der Waals surface area (Å²) < 4.78 is 20.4. The lowest BCUT2D eigenvalue weighted by Gasteiger charge is -2.33. The van der Waals surface area contributed by atoms with Gasteiger partial charge in [0.05, 0.1) is 5.56 Å². The summed E-state index contributed by atoms with van der Waals surface area (Å²) in [6.45, 7) is 7.28.